The quantitative estimate of drug-likeness (QED) is 0.431. The van der Waals surface area contributed by atoms with Crippen LogP contribution in [0.3, 0.4) is 0 Å². The van der Waals surface area contributed by atoms with Crippen LogP contribution >= 0.6 is 0 Å². The fourth-order valence-corrected chi connectivity index (χ4v) is 2.61. The van der Waals surface area contributed by atoms with Gasteiger partial charge in [-0.3, -0.25) is 14.9 Å². The molecule has 0 aliphatic carbocycles. The van der Waals surface area contributed by atoms with Gasteiger partial charge in [0.25, 0.3) is 11.6 Å². The lowest BCUT2D eigenvalue weighted by atomic mass is 10.2. The van der Waals surface area contributed by atoms with Crippen molar-refractivity contribution < 1.29 is 14.8 Å². The van der Waals surface area contributed by atoms with Gasteiger partial charge in [-0.1, -0.05) is 6.92 Å². The molecule has 3 rings (SSSR count). The smallest absolute Gasteiger partial charge is 0.271 e. The van der Waals surface area contributed by atoms with Crippen molar-refractivity contribution in [2.24, 2.45) is 0 Å². The Labute approximate surface area is 142 Å². The highest BCUT2D eigenvalue weighted by Gasteiger charge is 2.15. The van der Waals surface area contributed by atoms with E-state index in [1.807, 2.05) is 18.2 Å². The SMILES string of the molecule is CCc1nc2ccc(C(=O)Nc3cc([N+](=O)[O-])ccc3O)cn2c1C. The number of fused-ring (bicyclic) bond motifs is 1. The summed E-state index contributed by atoms with van der Waals surface area (Å²) in [6.45, 7) is 3.93. The number of hydrogen-bond donors (Lipinski definition) is 2. The molecule has 25 heavy (non-hydrogen) atoms. The number of phenolic OH excluding ortho intramolecular Hbond substituents is 1. The third-order valence-electron chi connectivity index (χ3n) is 3.99. The summed E-state index contributed by atoms with van der Waals surface area (Å²) >= 11 is 0. The summed E-state index contributed by atoms with van der Waals surface area (Å²) in [5, 5.41) is 23.1. The van der Waals surface area contributed by atoms with Crippen LogP contribution in [0.5, 0.6) is 5.75 Å². The molecule has 8 nitrogen and oxygen atoms in total. The fraction of sp³-hybridized carbons (Fsp3) is 0.176. The number of pyridine rings is 1. The van der Waals surface area contributed by atoms with Crippen LogP contribution < -0.4 is 5.32 Å². The number of nitro benzene ring substituents is 1. The molecule has 0 atom stereocenters. The van der Waals surface area contributed by atoms with E-state index in [0.29, 0.717) is 5.56 Å². The zero-order chi connectivity index (χ0) is 18.1. The Balaban J connectivity index is 1.94. The van der Waals surface area contributed by atoms with Crippen molar-refractivity contribution in [1.82, 2.24) is 9.38 Å². The standard InChI is InChI=1S/C17H16N4O4/c1-3-13-10(2)20-9-11(4-7-16(20)18-13)17(23)19-14-8-12(21(24)25)5-6-15(14)22/h4-9,22H,3H2,1-2H3,(H,19,23). The van der Waals surface area contributed by atoms with E-state index in [0.717, 1.165) is 35.6 Å². The van der Waals surface area contributed by atoms with Crippen LogP contribution in [0.1, 0.15) is 28.7 Å². The summed E-state index contributed by atoms with van der Waals surface area (Å²) < 4.78 is 1.82. The van der Waals surface area contributed by atoms with Crippen LogP contribution in [-0.4, -0.2) is 25.3 Å². The van der Waals surface area contributed by atoms with E-state index in [1.165, 1.54) is 6.07 Å². The van der Waals surface area contributed by atoms with Crippen molar-refractivity contribution in [3.63, 3.8) is 0 Å². The van der Waals surface area contributed by atoms with E-state index in [4.69, 9.17) is 0 Å². The van der Waals surface area contributed by atoms with E-state index >= 15 is 0 Å². The van der Waals surface area contributed by atoms with Crippen LogP contribution in [0.2, 0.25) is 0 Å². The number of amides is 1. The maximum Gasteiger partial charge on any atom is 0.271 e. The number of nitrogens with one attached hydrogen (secondary N) is 1. The first-order valence-electron chi connectivity index (χ1n) is 7.67. The first-order chi connectivity index (χ1) is 11.9. The highest BCUT2D eigenvalue weighted by Crippen LogP contribution is 2.28. The van der Waals surface area contributed by atoms with Crippen molar-refractivity contribution in [1.29, 1.82) is 0 Å². The topological polar surface area (TPSA) is 110 Å². The Morgan fingerprint density at radius 2 is 2.12 bits per heavy atom. The molecular formula is C17H16N4O4. The minimum atomic E-state index is -0.595. The van der Waals surface area contributed by atoms with Gasteiger partial charge in [-0.2, -0.15) is 0 Å². The normalized spacial score (nSPS) is 10.8. The van der Waals surface area contributed by atoms with Gasteiger partial charge in [0.15, 0.2) is 0 Å². The molecule has 0 spiro atoms. The van der Waals surface area contributed by atoms with Gasteiger partial charge in [-0.05, 0) is 31.5 Å². The van der Waals surface area contributed by atoms with Gasteiger partial charge in [-0.15, -0.1) is 0 Å². The number of nitro groups is 1. The molecule has 1 amide bonds. The zero-order valence-electron chi connectivity index (χ0n) is 13.7. The van der Waals surface area contributed by atoms with Gasteiger partial charge in [0, 0.05) is 24.0 Å². The van der Waals surface area contributed by atoms with E-state index in [2.05, 4.69) is 10.3 Å². The second kappa shape index (κ2) is 6.23. The molecule has 0 unspecified atom stereocenters. The van der Waals surface area contributed by atoms with Crippen LogP contribution in [0, 0.1) is 17.0 Å². The van der Waals surface area contributed by atoms with Crippen molar-refractivity contribution in [3.05, 3.63) is 63.6 Å². The summed E-state index contributed by atoms with van der Waals surface area (Å²) in [6.07, 6.45) is 2.44. The van der Waals surface area contributed by atoms with Gasteiger partial charge in [0.1, 0.15) is 11.4 Å². The molecule has 0 aliphatic rings. The number of aryl methyl sites for hydroxylation is 2. The van der Waals surface area contributed by atoms with E-state index < -0.39 is 10.8 Å². The van der Waals surface area contributed by atoms with Gasteiger partial charge >= 0.3 is 0 Å². The van der Waals surface area contributed by atoms with Gasteiger partial charge in [-0.25, -0.2) is 4.98 Å². The van der Waals surface area contributed by atoms with Gasteiger partial charge in [0.2, 0.25) is 0 Å². The lowest BCUT2D eigenvalue weighted by Crippen LogP contribution is -2.13. The van der Waals surface area contributed by atoms with Crippen molar-refractivity contribution >= 4 is 22.9 Å². The molecule has 128 valence electrons. The van der Waals surface area contributed by atoms with E-state index in [-0.39, 0.29) is 17.1 Å². The maximum absolute atomic E-state index is 12.5. The van der Waals surface area contributed by atoms with Crippen LogP contribution in [0.15, 0.2) is 36.5 Å². The molecule has 0 saturated carbocycles. The third kappa shape index (κ3) is 3.01. The third-order valence-corrected chi connectivity index (χ3v) is 3.99. The summed E-state index contributed by atoms with van der Waals surface area (Å²) in [4.78, 5) is 27.2. The first-order valence-corrected chi connectivity index (χ1v) is 7.67. The highest BCUT2D eigenvalue weighted by atomic mass is 16.6. The first kappa shape index (κ1) is 16.4. The second-order valence-electron chi connectivity index (χ2n) is 5.56. The van der Waals surface area contributed by atoms with Crippen LogP contribution in [0.25, 0.3) is 5.65 Å². The second-order valence-corrected chi connectivity index (χ2v) is 5.56. The Bertz CT molecular complexity index is 994. The lowest BCUT2D eigenvalue weighted by molar-refractivity contribution is -0.384. The average Bonchev–Trinajstić information content (AvgIpc) is 2.92. The molecule has 2 aromatic heterocycles. The molecule has 2 N–H and O–H groups in total. The molecule has 0 radical (unpaired) electrons. The van der Waals surface area contributed by atoms with Gasteiger partial charge < -0.3 is 14.8 Å². The summed E-state index contributed by atoms with van der Waals surface area (Å²) in [6, 6.07) is 6.80. The maximum atomic E-state index is 12.5. The summed E-state index contributed by atoms with van der Waals surface area (Å²) in [5.74, 6) is -0.726. The van der Waals surface area contributed by atoms with Crippen molar-refractivity contribution in [2.75, 3.05) is 5.32 Å². The number of hydrogen-bond acceptors (Lipinski definition) is 5. The minimum absolute atomic E-state index is 0.0177. The Kier molecular flexibility index (Phi) is 4.10. The largest absolute Gasteiger partial charge is 0.506 e. The number of anilines is 1. The number of phenols is 1. The van der Waals surface area contributed by atoms with Crippen molar-refractivity contribution in [2.45, 2.75) is 20.3 Å². The molecule has 1 aromatic carbocycles. The zero-order valence-corrected chi connectivity index (χ0v) is 13.7. The lowest BCUT2D eigenvalue weighted by Gasteiger charge is -2.08. The van der Waals surface area contributed by atoms with Gasteiger partial charge in [0.05, 0.1) is 21.9 Å². The number of aromatic nitrogens is 2. The Morgan fingerprint density at radius 3 is 2.80 bits per heavy atom. The molecule has 2 heterocycles. The van der Waals surface area contributed by atoms with E-state index in [1.54, 1.807) is 18.3 Å². The molecule has 8 heteroatoms. The Morgan fingerprint density at radius 1 is 1.36 bits per heavy atom. The predicted molar refractivity (Wildman–Crippen MR) is 92.0 cm³/mol. The predicted octanol–water partition coefficient (Wildman–Crippen LogP) is 3.07. The van der Waals surface area contributed by atoms with Crippen molar-refractivity contribution in [3.8, 4) is 5.75 Å². The number of aromatic hydroxyl groups is 1. The molecule has 0 aliphatic heterocycles. The highest BCUT2D eigenvalue weighted by molar-refractivity contribution is 6.05. The Hall–Kier alpha value is -3.42. The minimum Gasteiger partial charge on any atom is -0.506 e. The van der Waals surface area contributed by atoms with Crippen LogP contribution in [-0.2, 0) is 6.42 Å². The number of carbonyl (C=O) groups is 1. The summed E-state index contributed by atoms with van der Waals surface area (Å²) in [7, 11) is 0. The number of non-ortho nitro benzene ring substituents is 1. The molecule has 0 saturated heterocycles. The van der Waals surface area contributed by atoms with E-state index in [9.17, 15) is 20.0 Å². The number of benzene rings is 1. The number of rotatable bonds is 4. The molecule has 0 bridgehead atoms. The van der Waals surface area contributed by atoms with Crippen LogP contribution in [0.4, 0.5) is 11.4 Å². The fourth-order valence-electron chi connectivity index (χ4n) is 2.61. The number of nitrogens with zero attached hydrogens (tertiary/aromatic N) is 3. The monoisotopic (exact) mass is 340 g/mol. The molecular weight excluding hydrogens is 324 g/mol. The summed E-state index contributed by atoms with van der Waals surface area (Å²) in [5.41, 5.74) is 2.75. The molecule has 0 fully saturated rings. The number of carbonyl (C=O) groups excluding carboxylic acids is 1. The number of imidazole rings is 1. The average molecular weight is 340 g/mol. The molecule has 3 aromatic rings.